The lowest BCUT2D eigenvalue weighted by molar-refractivity contribution is -0.218. The van der Waals surface area contributed by atoms with Gasteiger partial charge < -0.3 is 20.1 Å². The van der Waals surface area contributed by atoms with Crippen molar-refractivity contribution in [3.63, 3.8) is 0 Å². The van der Waals surface area contributed by atoms with Crippen LogP contribution in [-0.2, 0) is 19.1 Å². The highest BCUT2D eigenvalue weighted by molar-refractivity contribution is 5.93. The summed E-state index contributed by atoms with van der Waals surface area (Å²) in [6.45, 7) is 5.99. The number of carboxylic acid groups (broad SMARTS) is 3. The van der Waals surface area contributed by atoms with Crippen molar-refractivity contribution in [2.24, 2.45) is 11.3 Å². The summed E-state index contributed by atoms with van der Waals surface area (Å²) in [4.78, 5) is 35.3. The quantitative estimate of drug-likeness (QED) is 0.563. The van der Waals surface area contributed by atoms with Crippen LogP contribution in [0.25, 0.3) is 0 Å². The van der Waals surface area contributed by atoms with Gasteiger partial charge in [-0.15, -0.1) is 0 Å². The molecule has 0 aromatic rings. The van der Waals surface area contributed by atoms with Gasteiger partial charge in [0.2, 0.25) is 0 Å². The van der Waals surface area contributed by atoms with Crippen molar-refractivity contribution in [2.75, 3.05) is 6.61 Å². The fourth-order valence-corrected chi connectivity index (χ4v) is 3.09. The van der Waals surface area contributed by atoms with Crippen LogP contribution in [0.5, 0.6) is 0 Å². The molecule has 2 unspecified atom stereocenters. The fourth-order valence-electron chi connectivity index (χ4n) is 3.09. The first-order valence-electron chi connectivity index (χ1n) is 7.05. The molecule has 0 bridgehead atoms. The minimum absolute atomic E-state index is 0.0450. The smallest absolute Gasteiger partial charge is 0.338 e. The minimum Gasteiger partial charge on any atom is -0.481 e. The van der Waals surface area contributed by atoms with Crippen LogP contribution in [0.1, 0.15) is 47.0 Å². The molecule has 0 saturated heterocycles. The highest BCUT2D eigenvalue weighted by Gasteiger charge is 2.66. The zero-order valence-electron chi connectivity index (χ0n) is 12.9. The van der Waals surface area contributed by atoms with Crippen molar-refractivity contribution in [1.82, 2.24) is 0 Å². The third-order valence-corrected chi connectivity index (χ3v) is 4.21. The summed E-state index contributed by atoms with van der Waals surface area (Å²) in [5.41, 5.74) is -4.12. The Morgan fingerprint density at radius 1 is 0.952 bits per heavy atom. The van der Waals surface area contributed by atoms with E-state index in [1.807, 2.05) is 0 Å². The molecular formula is C14H24O7. The van der Waals surface area contributed by atoms with Gasteiger partial charge in [-0.3, -0.25) is 9.59 Å². The van der Waals surface area contributed by atoms with E-state index in [4.69, 9.17) is 4.74 Å². The van der Waals surface area contributed by atoms with Crippen LogP contribution in [0, 0.1) is 11.3 Å². The van der Waals surface area contributed by atoms with Crippen LogP contribution >= 0.6 is 0 Å². The number of ether oxygens (including phenoxy) is 1. The van der Waals surface area contributed by atoms with Gasteiger partial charge >= 0.3 is 17.9 Å². The fraction of sp³-hybridized carbons (Fsp3) is 0.786. The van der Waals surface area contributed by atoms with Crippen molar-refractivity contribution in [3.05, 3.63) is 0 Å². The molecule has 0 heterocycles. The molecule has 0 radical (unpaired) electrons. The van der Waals surface area contributed by atoms with Crippen LogP contribution < -0.4 is 0 Å². The first-order valence-corrected chi connectivity index (χ1v) is 7.05. The van der Waals surface area contributed by atoms with Crippen LogP contribution in [0.2, 0.25) is 0 Å². The maximum absolute atomic E-state index is 11.9. The van der Waals surface area contributed by atoms with E-state index in [1.54, 1.807) is 0 Å². The second-order valence-electron chi connectivity index (χ2n) is 4.87. The lowest BCUT2D eigenvalue weighted by Gasteiger charge is -2.46. The summed E-state index contributed by atoms with van der Waals surface area (Å²) < 4.78 is 5.35. The molecule has 3 N–H and O–H groups in total. The van der Waals surface area contributed by atoms with Gasteiger partial charge in [0.15, 0.2) is 5.60 Å². The molecule has 0 aliphatic heterocycles. The van der Waals surface area contributed by atoms with Crippen molar-refractivity contribution in [2.45, 2.75) is 52.6 Å². The number of aliphatic carboxylic acids is 3. The van der Waals surface area contributed by atoms with Gasteiger partial charge in [-0.25, -0.2) is 4.79 Å². The van der Waals surface area contributed by atoms with Gasteiger partial charge in [-0.05, 0) is 26.2 Å². The van der Waals surface area contributed by atoms with E-state index in [1.165, 1.54) is 27.7 Å². The number of rotatable bonds is 10. The molecule has 7 nitrogen and oxygen atoms in total. The molecule has 0 aromatic heterocycles. The van der Waals surface area contributed by atoms with Gasteiger partial charge in [-0.2, -0.15) is 0 Å². The molecule has 0 saturated carbocycles. The standard InChI is InChI=1S/C14H24O7/c1-5-9(10(15)16)14(12(19)20,21-8-4)13(6-2,7-3)11(17)18/h9H,5-8H2,1-4H3,(H,15,16)(H,17,18)(H,19,20). The van der Waals surface area contributed by atoms with E-state index >= 15 is 0 Å². The average Bonchev–Trinajstić information content (AvgIpc) is 2.39. The Morgan fingerprint density at radius 3 is 1.62 bits per heavy atom. The molecular weight excluding hydrogens is 280 g/mol. The Labute approximate surface area is 123 Å². The first kappa shape index (κ1) is 19.4. The third kappa shape index (κ3) is 2.88. The van der Waals surface area contributed by atoms with Crippen LogP contribution in [0.15, 0.2) is 0 Å². The van der Waals surface area contributed by atoms with E-state index in [-0.39, 0.29) is 25.9 Å². The zero-order chi connectivity index (χ0) is 16.8. The van der Waals surface area contributed by atoms with E-state index < -0.39 is 34.8 Å². The number of hydrogen-bond donors (Lipinski definition) is 3. The summed E-state index contributed by atoms with van der Waals surface area (Å²) in [5, 5.41) is 28.7. The Hall–Kier alpha value is -1.63. The van der Waals surface area contributed by atoms with E-state index in [9.17, 15) is 29.7 Å². The Balaban J connectivity index is 6.55. The monoisotopic (exact) mass is 304 g/mol. The number of carbonyl (C=O) groups is 3. The highest BCUT2D eigenvalue weighted by atomic mass is 16.5. The summed E-state index contributed by atoms with van der Waals surface area (Å²) in [5.74, 6) is -5.74. The first-order chi connectivity index (χ1) is 9.71. The molecule has 0 rings (SSSR count). The number of carboxylic acids is 3. The van der Waals surface area contributed by atoms with Crippen molar-refractivity contribution in [3.8, 4) is 0 Å². The molecule has 7 heteroatoms. The zero-order valence-corrected chi connectivity index (χ0v) is 12.9. The molecule has 0 amide bonds. The summed E-state index contributed by atoms with van der Waals surface area (Å²) >= 11 is 0. The van der Waals surface area contributed by atoms with Crippen molar-refractivity contribution < 1.29 is 34.4 Å². The molecule has 122 valence electrons. The van der Waals surface area contributed by atoms with E-state index in [0.717, 1.165) is 0 Å². The predicted octanol–water partition coefficient (Wildman–Crippen LogP) is 1.85. The minimum atomic E-state index is -2.31. The van der Waals surface area contributed by atoms with Gasteiger partial charge in [0.1, 0.15) is 5.41 Å². The SMILES string of the molecule is CCOC(C(=O)O)(C(CC)C(=O)O)C(CC)(CC)C(=O)O. The van der Waals surface area contributed by atoms with Crippen LogP contribution in [0.4, 0.5) is 0 Å². The molecule has 0 fully saturated rings. The molecule has 0 aliphatic rings. The molecule has 0 aromatic carbocycles. The second kappa shape index (κ2) is 7.40. The molecule has 0 aliphatic carbocycles. The van der Waals surface area contributed by atoms with Gasteiger partial charge in [0.25, 0.3) is 0 Å². The van der Waals surface area contributed by atoms with Crippen molar-refractivity contribution in [1.29, 1.82) is 0 Å². The molecule has 2 atom stereocenters. The lowest BCUT2D eigenvalue weighted by Crippen LogP contribution is -2.65. The van der Waals surface area contributed by atoms with Crippen LogP contribution in [0.3, 0.4) is 0 Å². The van der Waals surface area contributed by atoms with Gasteiger partial charge in [0, 0.05) is 6.61 Å². The maximum atomic E-state index is 11.9. The predicted molar refractivity (Wildman–Crippen MR) is 74.1 cm³/mol. The van der Waals surface area contributed by atoms with E-state index in [0.29, 0.717) is 0 Å². The van der Waals surface area contributed by atoms with Gasteiger partial charge in [-0.1, -0.05) is 20.8 Å². The third-order valence-electron chi connectivity index (χ3n) is 4.21. The Bertz CT molecular complexity index is 400. The number of hydrogen-bond acceptors (Lipinski definition) is 4. The Morgan fingerprint density at radius 2 is 1.43 bits per heavy atom. The van der Waals surface area contributed by atoms with Crippen LogP contribution in [-0.4, -0.2) is 45.4 Å². The Kier molecular flexibility index (Phi) is 6.82. The maximum Gasteiger partial charge on any atom is 0.338 e. The molecule has 0 spiro atoms. The summed E-state index contributed by atoms with van der Waals surface area (Å²) in [7, 11) is 0. The topological polar surface area (TPSA) is 121 Å². The van der Waals surface area contributed by atoms with Crippen molar-refractivity contribution >= 4 is 17.9 Å². The average molecular weight is 304 g/mol. The normalized spacial score (nSPS) is 16.0. The lowest BCUT2D eigenvalue weighted by atomic mass is 9.61. The highest BCUT2D eigenvalue weighted by Crippen LogP contribution is 2.47. The van der Waals surface area contributed by atoms with Gasteiger partial charge in [0.05, 0.1) is 5.92 Å². The largest absolute Gasteiger partial charge is 0.481 e. The molecule has 21 heavy (non-hydrogen) atoms. The second-order valence-corrected chi connectivity index (χ2v) is 4.87. The van der Waals surface area contributed by atoms with E-state index in [2.05, 4.69) is 0 Å². The summed E-state index contributed by atoms with van der Waals surface area (Å²) in [6, 6.07) is 0. The summed E-state index contributed by atoms with van der Waals surface area (Å²) in [6.07, 6.45) is -0.138.